The standard InChI is InChI=1S/C19H21NO3/c1-15(21)20-12-6-9-16-10-11-18(19(13-16)22-2)23-14-17-7-4-3-5-8-17/h3-11,13H,12,14H2,1-2H3,(H,20,21). The first-order valence-electron chi connectivity index (χ1n) is 7.45. The third-order valence-corrected chi connectivity index (χ3v) is 3.20. The number of amides is 1. The predicted molar refractivity (Wildman–Crippen MR) is 91.5 cm³/mol. The Morgan fingerprint density at radius 1 is 1.13 bits per heavy atom. The normalized spacial score (nSPS) is 10.5. The fraction of sp³-hybridized carbons (Fsp3) is 0.211. The Balaban J connectivity index is 2.00. The van der Waals surface area contributed by atoms with Crippen molar-refractivity contribution in [2.45, 2.75) is 13.5 Å². The monoisotopic (exact) mass is 311 g/mol. The highest BCUT2D eigenvalue weighted by Gasteiger charge is 2.05. The molecule has 0 radical (unpaired) electrons. The molecule has 0 aliphatic rings. The fourth-order valence-electron chi connectivity index (χ4n) is 2.04. The van der Waals surface area contributed by atoms with Gasteiger partial charge in [0.25, 0.3) is 0 Å². The topological polar surface area (TPSA) is 47.6 Å². The molecule has 0 aromatic heterocycles. The van der Waals surface area contributed by atoms with Crippen LogP contribution in [0.3, 0.4) is 0 Å². The van der Waals surface area contributed by atoms with Crippen LogP contribution in [0.25, 0.3) is 6.08 Å². The fourth-order valence-corrected chi connectivity index (χ4v) is 2.04. The van der Waals surface area contributed by atoms with Crippen molar-refractivity contribution in [1.29, 1.82) is 0 Å². The van der Waals surface area contributed by atoms with Gasteiger partial charge in [0.15, 0.2) is 11.5 Å². The van der Waals surface area contributed by atoms with Crippen molar-refractivity contribution in [2.24, 2.45) is 0 Å². The highest BCUT2D eigenvalue weighted by molar-refractivity contribution is 5.73. The van der Waals surface area contributed by atoms with Crippen molar-refractivity contribution in [3.63, 3.8) is 0 Å². The van der Waals surface area contributed by atoms with Gasteiger partial charge in [-0.05, 0) is 23.3 Å². The molecular formula is C19H21NO3. The van der Waals surface area contributed by atoms with Gasteiger partial charge in [0.2, 0.25) is 5.91 Å². The lowest BCUT2D eigenvalue weighted by atomic mass is 10.2. The molecule has 1 amide bonds. The van der Waals surface area contributed by atoms with E-state index >= 15 is 0 Å². The Bertz CT molecular complexity index is 666. The Morgan fingerprint density at radius 3 is 2.61 bits per heavy atom. The van der Waals surface area contributed by atoms with Crippen LogP contribution in [0.4, 0.5) is 0 Å². The van der Waals surface area contributed by atoms with E-state index in [1.54, 1.807) is 7.11 Å². The van der Waals surface area contributed by atoms with Crippen LogP contribution in [0.2, 0.25) is 0 Å². The summed E-state index contributed by atoms with van der Waals surface area (Å²) < 4.78 is 11.2. The zero-order chi connectivity index (χ0) is 16.5. The SMILES string of the molecule is COc1cc(C=CCNC(C)=O)ccc1OCc1ccccc1. The minimum Gasteiger partial charge on any atom is -0.493 e. The number of carbonyl (C=O) groups excluding carboxylic acids is 1. The maximum absolute atomic E-state index is 10.8. The van der Waals surface area contributed by atoms with Crippen molar-refractivity contribution in [2.75, 3.05) is 13.7 Å². The molecule has 1 N–H and O–H groups in total. The van der Waals surface area contributed by atoms with E-state index in [1.807, 2.05) is 60.7 Å². The first-order valence-corrected chi connectivity index (χ1v) is 7.45. The second-order valence-electron chi connectivity index (χ2n) is 5.02. The van der Waals surface area contributed by atoms with Crippen LogP contribution in [0.1, 0.15) is 18.1 Å². The highest BCUT2D eigenvalue weighted by atomic mass is 16.5. The lowest BCUT2D eigenvalue weighted by Gasteiger charge is -2.11. The Hall–Kier alpha value is -2.75. The second kappa shape index (κ2) is 8.63. The summed E-state index contributed by atoms with van der Waals surface area (Å²) in [6.07, 6.45) is 3.82. The molecular weight excluding hydrogens is 290 g/mol. The minimum absolute atomic E-state index is 0.0445. The molecule has 2 aromatic rings. The molecule has 0 saturated heterocycles. The quantitative estimate of drug-likeness (QED) is 0.852. The highest BCUT2D eigenvalue weighted by Crippen LogP contribution is 2.29. The van der Waals surface area contributed by atoms with Crippen molar-refractivity contribution in [3.05, 3.63) is 65.7 Å². The van der Waals surface area contributed by atoms with Gasteiger partial charge in [0.1, 0.15) is 6.61 Å². The first-order chi connectivity index (χ1) is 11.2. The number of methoxy groups -OCH3 is 1. The Labute approximate surface area is 136 Å². The van der Waals surface area contributed by atoms with E-state index < -0.39 is 0 Å². The molecule has 120 valence electrons. The van der Waals surface area contributed by atoms with E-state index in [0.717, 1.165) is 11.1 Å². The van der Waals surface area contributed by atoms with Gasteiger partial charge < -0.3 is 14.8 Å². The largest absolute Gasteiger partial charge is 0.493 e. The number of carbonyl (C=O) groups is 1. The summed E-state index contributed by atoms with van der Waals surface area (Å²) in [7, 11) is 1.62. The molecule has 0 heterocycles. The average Bonchev–Trinajstić information content (AvgIpc) is 2.58. The Morgan fingerprint density at radius 2 is 1.91 bits per heavy atom. The zero-order valence-corrected chi connectivity index (χ0v) is 13.4. The van der Waals surface area contributed by atoms with Crippen molar-refractivity contribution >= 4 is 12.0 Å². The maximum Gasteiger partial charge on any atom is 0.217 e. The van der Waals surface area contributed by atoms with E-state index in [1.165, 1.54) is 6.92 Å². The lowest BCUT2D eigenvalue weighted by Crippen LogP contribution is -2.19. The summed E-state index contributed by atoms with van der Waals surface area (Å²) in [4.78, 5) is 10.8. The zero-order valence-electron chi connectivity index (χ0n) is 13.4. The molecule has 4 heteroatoms. The van der Waals surface area contributed by atoms with Gasteiger partial charge in [0, 0.05) is 13.5 Å². The number of ether oxygens (including phenoxy) is 2. The summed E-state index contributed by atoms with van der Waals surface area (Å²) in [5.41, 5.74) is 2.09. The van der Waals surface area contributed by atoms with Crippen LogP contribution in [0.5, 0.6) is 11.5 Å². The molecule has 23 heavy (non-hydrogen) atoms. The van der Waals surface area contributed by atoms with Gasteiger partial charge in [-0.2, -0.15) is 0 Å². The molecule has 0 fully saturated rings. The molecule has 0 bridgehead atoms. The molecule has 0 unspecified atom stereocenters. The summed E-state index contributed by atoms with van der Waals surface area (Å²) in [6.45, 7) is 2.49. The molecule has 0 aliphatic heterocycles. The van der Waals surface area contributed by atoms with Crippen LogP contribution in [0.15, 0.2) is 54.6 Å². The minimum atomic E-state index is -0.0445. The van der Waals surface area contributed by atoms with Crippen LogP contribution in [0, 0.1) is 0 Å². The van der Waals surface area contributed by atoms with Crippen molar-refractivity contribution in [3.8, 4) is 11.5 Å². The van der Waals surface area contributed by atoms with Gasteiger partial charge >= 0.3 is 0 Å². The molecule has 0 saturated carbocycles. The number of hydrogen-bond donors (Lipinski definition) is 1. The van der Waals surface area contributed by atoms with Gasteiger partial charge in [-0.15, -0.1) is 0 Å². The molecule has 0 atom stereocenters. The molecule has 2 rings (SSSR count). The van der Waals surface area contributed by atoms with E-state index in [-0.39, 0.29) is 5.91 Å². The van der Waals surface area contributed by atoms with E-state index in [4.69, 9.17) is 9.47 Å². The van der Waals surface area contributed by atoms with Gasteiger partial charge in [-0.25, -0.2) is 0 Å². The molecule has 0 spiro atoms. The second-order valence-corrected chi connectivity index (χ2v) is 5.02. The molecule has 2 aromatic carbocycles. The van der Waals surface area contributed by atoms with Crippen LogP contribution < -0.4 is 14.8 Å². The van der Waals surface area contributed by atoms with Gasteiger partial charge in [-0.1, -0.05) is 48.6 Å². The van der Waals surface area contributed by atoms with Gasteiger partial charge in [0.05, 0.1) is 7.11 Å². The average molecular weight is 311 g/mol. The van der Waals surface area contributed by atoms with Crippen LogP contribution in [-0.2, 0) is 11.4 Å². The third kappa shape index (κ3) is 5.51. The van der Waals surface area contributed by atoms with Crippen LogP contribution in [-0.4, -0.2) is 19.6 Å². The molecule has 4 nitrogen and oxygen atoms in total. The predicted octanol–water partition coefficient (Wildman–Crippen LogP) is 3.42. The summed E-state index contributed by atoms with van der Waals surface area (Å²) in [5.74, 6) is 1.34. The van der Waals surface area contributed by atoms with Crippen molar-refractivity contribution in [1.82, 2.24) is 5.32 Å². The number of rotatable bonds is 7. The smallest absolute Gasteiger partial charge is 0.217 e. The lowest BCUT2D eigenvalue weighted by molar-refractivity contribution is -0.118. The first kappa shape index (κ1) is 16.6. The third-order valence-electron chi connectivity index (χ3n) is 3.20. The summed E-state index contributed by atoms with van der Waals surface area (Å²) in [6, 6.07) is 15.7. The summed E-state index contributed by atoms with van der Waals surface area (Å²) >= 11 is 0. The number of hydrogen-bond acceptors (Lipinski definition) is 3. The van der Waals surface area contributed by atoms with E-state index in [0.29, 0.717) is 24.7 Å². The van der Waals surface area contributed by atoms with E-state index in [2.05, 4.69) is 5.32 Å². The number of nitrogens with one attached hydrogen (secondary N) is 1. The van der Waals surface area contributed by atoms with Crippen molar-refractivity contribution < 1.29 is 14.3 Å². The summed E-state index contributed by atoms with van der Waals surface area (Å²) in [5, 5.41) is 2.71. The maximum atomic E-state index is 10.8. The van der Waals surface area contributed by atoms with Crippen LogP contribution >= 0.6 is 0 Å². The molecule has 0 aliphatic carbocycles. The van der Waals surface area contributed by atoms with Gasteiger partial charge in [-0.3, -0.25) is 4.79 Å². The van der Waals surface area contributed by atoms with E-state index in [9.17, 15) is 4.79 Å². The number of benzene rings is 2. The Kier molecular flexibility index (Phi) is 6.24.